The maximum atomic E-state index is 12.8. The first-order chi connectivity index (χ1) is 13.0. The first-order valence-electron chi connectivity index (χ1n) is 8.61. The Labute approximate surface area is 168 Å². The Morgan fingerprint density at radius 1 is 1.44 bits per heavy atom. The van der Waals surface area contributed by atoms with E-state index in [1.165, 1.54) is 32.1 Å². The van der Waals surface area contributed by atoms with Gasteiger partial charge in [0.2, 0.25) is 5.91 Å². The van der Waals surface area contributed by atoms with Gasteiger partial charge in [0.15, 0.2) is 4.77 Å². The van der Waals surface area contributed by atoms with Crippen molar-refractivity contribution in [2.45, 2.75) is 39.2 Å². The number of H-pyrrole nitrogens is 1. The standard InChI is InChI=1S/C18H16N4O2S3/c1-2-9-6-11-15(26-9)21-18(25)22(17(11)24)8-14(23)20-16-12(7-19)10-4-3-5-13(10)27-16/h6H,2-5,8H2,1H3,(H,20,23)(H,21,25). The second kappa shape index (κ2) is 7.03. The molecule has 3 aromatic heterocycles. The van der Waals surface area contributed by atoms with Gasteiger partial charge in [0.25, 0.3) is 5.56 Å². The zero-order valence-corrected chi connectivity index (χ0v) is 17.0. The average molecular weight is 417 g/mol. The van der Waals surface area contributed by atoms with Crippen LogP contribution < -0.4 is 10.9 Å². The van der Waals surface area contributed by atoms with Gasteiger partial charge < -0.3 is 10.3 Å². The van der Waals surface area contributed by atoms with Gasteiger partial charge in [0.1, 0.15) is 22.4 Å². The molecule has 0 aliphatic heterocycles. The summed E-state index contributed by atoms with van der Waals surface area (Å²) in [5.74, 6) is -0.363. The topological polar surface area (TPSA) is 90.7 Å². The fraction of sp³-hybridized carbons (Fsp3) is 0.333. The maximum absolute atomic E-state index is 12.8. The fourth-order valence-corrected chi connectivity index (χ4v) is 5.89. The Morgan fingerprint density at radius 2 is 2.26 bits per heavy atom. The smallest absolute Gasteiger partial charge is 0.263 e. The average Bonchev–Trinajstić information content (AvgIpc) is 3.32. The molecule has 27 heavy (non-hydrogen) atoms. The number of aromatic amines is 1. The highest BCUT2D eigenvalue weighted by Gasteiger charge is 2.23. The van der Waals surface area contributed by atoms with E-state index in [4.69, 9.17) is 12.2 Å². The molecule has 0 radical (unpaired) electrons. The molecule has 9 heteroatoms. The molecule has 2 N–H and O–H groups in total. The summed E-state index contributed by atoms with van der Waals surface area (Å²) in [6.45, 7) is 1.84. The third-order valence-corrected chi connectivity index (χ3v) is 7.39. The van der Waals surface area contributed by atoms with Crippen LogP contribution >= 0.6 is 34.9 Å². The monoisotopic (exact) mass is 416 g/mol. The Bertz CT molecular complexity index is 1220. The van der Waals surface area contributed by atoms with E-state index in [0.717, 1.165) is 41.0 Å². The molecule has 4 rings (SSSR count). The number of rotatable bonds is 4. The van der Waals surface area contributed by atoms with Gasteiger partial charge in [0.05, 0.1) is 10.9 Å². The van der Waals surface area contributed by atoms with Crippen molar-refractivity contribution >= 4 is 56.0 Å². The van der Waals surface area contributed by atoms with Crippen molar-refractivity contribution in [3.8, 4) is 6.07 Å². The van der Waals surface area contributed by atoms with Gasteiger partial charge in [-0.2, -0.15) is 5.26 Å². The highest BCUT2D eigenvalue weighted by Crippen LogP contribution is 2.38. The molecule has 1 aliphatic carbocycles. The molecule has 0 unspecified atom stereocenters. The van der Waals surface area contributed by atoms with Crippen LogP contribution in [-0.2, 0) is 30.6 Å². The molecule has 0 aromatic carbocycles. The van der Waals surface area contributed by atoms with E-state index in [0.29, 0.717) is 16.0 Å². The Morgan fingerprint density at radius 3 is 3.00 bits per heavy atom. The number of fused-ring (bicyclic) bond motifs is 2. The predicted octanol–water partition coefficient (Wildman–Crippen LogP) is 3.74. The zero-order valence-electron chi connectivity index (χ0n) is 14.5. The van der Waals surface area contributed by atoms with Gasteiger partial charge in [0, 0.05) is 9.75 Å². The van der Waals surface area contributed by atoms with Crippen molar-refractivity contribution in [1.29, 1.82) is 5.26 Å². The second-order valence-electron chi connectivity index (χ2n) is 6.35. The number of aryl methyl sites for hydroxylation is 2. The summed E-state index contributed by atoms with van der Waals surface area (Å²) in [5.41, 5.74) is 1.34. The minimum Gasteiger partial charge on any atom is -0.323 e. The molecular weight excluding hydrogens is 400 g/mol. The first kappa shape index (κ1) is 18.1. The van der Waals surface area contributed by atoms with Crippen molar-refractivity contribution in [2.24, 2.45) is 0 Å². The molecule has 0 saturated heterocycles. The van der Waals surface area contributed by atoms with Crippen LogP contribution in [-0.4, -0.2) is 15.5 Å². The van der Waals surface area contributed by atoms with Crippen LogP contribution in [0.2, 0.25) is 0 Å². The van der Waals surface area contributed by atoms with Crippen molar-refractivity contribution in [3.05, 3.63) is 42.1 Å². The van der Waals surface area contributed by atoms with Gasteiger partial charge in [-0.25, -0.2) is 0 Å². The number of anilines is 1. The fourth-order valence-electron chi connectivity index (χ4n) is 3.33. The summed E-state index contributed by atoms with van der Waals surface area (Å²) in [5, 5.41) is 13.4. The van der Waals surface area contributed by atoms with E-state index in [1.807, 2.05) is 13.0 Å². The van der Waals surface area contributed by atoms with Gasteiger partial charge in [-0.15, -0.1) is 22.7 Å². The quantitative estimate of drug-likeness (QED) is 0.634. The Kier molecular flexibility index (Phi) is 4.72. The van der Waals surface area contributed by atoms with Crippen molar-refractivity contribution in [3.63, 3.8) is 0 Å². The molecule has 0 bridgehead atoms. The van der Waals surface area contributed by atoms with E-state index < -0.39 is 0 Å². The molecule has 3 heterocycles. The number of carbonyl (C=O) groups is 1. The molecule has 0 atom stereocenters. The SMILES string of the molecule is CCc1cc2c(=O)n(CC(=O)Nc3sc4c(c3C#N)CCC4)c(=S)[nH]c2s1. The van der Waals surface area contributed by atoms with Crippen molar-refractivity contribution < 1.29 is 4.79 Å². The lowest BCUT2D eigenvalue weighted by Crippen LogP contribution is -2.28. The van der Waals surface area contributed by atoms with E-state index in [9.17, 15) is 14.9 Å². The zero-order chi connectivity index (χ0) is 19.1. The highest BCUT2D eigenvalue weighted by molar-refractivity contribution is 7.71. The van der Waals surface area contributed by atoms with Gasteiger partial charge in [-0.3, -0.25) is 14.2 Å². The molecule has 0 saturated carbocycles. The summed E-state index contributed by atoms with van der Waals surface area (Å²) in [6, 6.07) is 4.05. The number of aromatic nitrogens is 2. The Hall–Kier alpha value is -2.28. The lowest BCUT2D eigenvalue weighted by molar-refractivity contribution is -0.116. The third-order valence-electron chi connectivity index (χ3n) is 4.66. The lowest BCUT2D eigenvalue weighted by Gasteiger charge is -2.07. The molecule has 0 fully saturated rings. The van der Waals surface area contributed by atoms with E-state index in [2.05, 4.69) is 16.4 Å². The summed E-state index contributed by atoms with van der Waals surface area (Å²) in [4.78, 5) is 31.3. The number of thiophene rings is 2. The minimum atomic E-state index is -0.363. The van der Waals surface area contributed by atoms with Crippen LogP contribution in [0.15, 0.2) is 10.9 Å². The third kappa shape index (κ3) is 3.14. The molecule has 6 nitrogen and oxygen atoms in total. The predicted molar refractivity (Wildman–Crippen MR) is 110 cm³/mol. The first-order valence-corrected chi connectivity index (χ1v) is 10.7. The van der Waals surface area contributed by atoms with Crippen LogP contribution in [0.4, 0.5) is 5.00 Å². The molecule has 0 spiro atoms. The second-order valence-corrected chi connectivity index (χ2v) is 8.98. The minimum absolute atomic E-state index is 0.186. The number of nitrogens with zero attached hydrogens (tertiary/aromatic N) is 2. The summed E-state index contributed by atoms with van der Waals surface area (Å²) >= 11 is 8.24. The maximum Gasteiger partial charge on any atom is 0.263 e. The van der Waals surface area contributed by atoms with E-state index >= 15 is 0 Å². The molecular formula is C18H16N4O2S3. The largest absolute Gasteiger partial charge is 0.323 e. The number of hydrogen-bond acceptors (Lipinski definition) is 6. The highest BCUT2D eigenvalue weighted by atomic mass is 32.1. The van der Waals surface area contributed by atoms with Crippen LogP contribution in [0.5, 0.6) is 0 Å². The van der Waals surface area contributed by atoms with Gasteiger partial charge in [-0.1, -0.05) is 6.92 Å². The van der Waals surface area contributed by atoms with Crippen LogP contribution in [0, 0.1) is 16.1 Å². The summed E-state index contributed by atoms with van der Waals surface area (Å²) < 4.78 is 1.49. The lowest BCUT2D eigenvalue weighted by atomic mass is 10.1. The van der Waals surface area contributed by atoms with Crippen LogP contribution in [0.1, 0.15) is 34.2 Å². The van der Waals surface area contributed by atoms with Crippen molar-refractivity contribution in [1.82, 2.24) is 9.55 Å². The number of amides is 1. The normalized spacial score (nSPS) is 12.9. The van der Waals surface area contributed by atoms with E-state index in [-0.39, 0.29) is 22.8 Å². The van der Waals surface area contributed by atoms with Gasteiger partial charge >= 0.3 is 0 Å². The summed E-state index contributed by atoms with van der Waals surface area (Å²) in [7, 11) is 0. The van der Waals surface area contributed by atoms with E-state index in [1.54, 1.807) is 0 Å². The van der Waals surface area contributed by atoms with Crippen LogP contribution in [0.3, 0.4) is 0 Å². The number of nitrogens with one attached hydrogen (secondary N) is 2. The molecule has 138 valence electrons. The molecule has 3 aromatic rings. The number of carbonyl (C=O) groups excluding carboxylic acids is 1. The molecule has 1 aliphatic rings. The van der Waals surface area contributed by atoms with Crippen molar-refractivity contribution in [2.75, 3.05) is 5.32 Å². The van der Waals surface area contributed by atoms with Gasteiger partial charge in [-0.05, 0) is 49.5 Å². The van der Waals surface area contributed by atoms with Crippen LogP contribution in [0.25, 0.3) is 10.2 Å². The molecule has 1 amide bonds. The number of nitriles is 1. The number of hydrogen-bond donors (Lipinski definition) is 2. The summed E-state index contributed by atoms with van der Waals surface area (Å²) in [6.07, 6.45) is 3.71. The Balaban J connectivity index is 1.63.